The van der Waals surface area contributed by atoms with Crippen LogP contribution in [0.1, 0.15) is 15.2 Å². The summed E-state index contributed by atoms with van der Waals surface area (Å²) >= 11 is 1.29. The molecule has 1 aromatic heterocycles. The van der Waals surface area contributed by atoms with Crippen LogP contribution in [0.15, 0.2) is 29.6 Å². The predicted molar refractivity (Wildman–Crippen MR) is 73.2 cm³/mol. The third kappa shape index (κ3) is 3.09. The topological polar surface area (TPSA) is 98.3 Å². The number of hydrogen-bond donors (Lipinski definition) is 2. The maximum atomic E-state index is 13.5. The van der Waals surface area contributed by atoms with Crippen LogP contribution in [0.3, 0.4) is 0 Å². The van der Waals surface area contributed by atoms with Crippen molar-refractivity contribution in [2.75, 3.05) is 5.32 Å². The van der Waals surface area contributed by atoms with Crippen LogP contribution in [0.25, 0.3) is 0 Å². The lowest BCUT2D eigenvalue weighted by Crippen LogP contribution is -2.09. The number of nitrogens with zero attached hydrogens (tertiary/aromatic N) is 1. The number of benzene rings is 1. The van der Waals surface area contributed by atoms with Gasteiger partial charge in [0.1, 0.15) is 5.82 Å². The van der Waals surface area contributed by atoms with Crippen LogP contribution in [0, 0.1) is 15.9 Å². The van der Waals surface area contributed by atoms with E-state index in [-0.39, 0.29) is 17.9 Å². The van der Waals surface area contributed by atoms with Crippen LogP contribution in [-0.2, 0) is 6.54 Å². The molecule has 0 unspecified atom stereocenters. The highest BCUT2D eigenvalue weighted by atomic mass is 32.1. The first-order chi connectivity index (χ1) is 9.47. The van der Waals surface area contributed by atoms with E-state index >= 15 is 0 Å². The first-order valence-corrected chi connectivity index (χ1v) is 6.40. The van der Waals surface area contributed by atoms with Gasteiger partial charge in [-0.1, -0.05) is 0 Å². The summed E-state index contributed by atoms with van der Waals surface area (Å²) in [6, 6.07) is 4.84. The van der Waals surface area contributed by atoms with Gasteiger partial charge in [-0.05, 0) is 12.1 Å². The van der Waals surface area contributed by atoms with E-state index in [0.717, 1.165) is 23.1 Å². The third-order valence-electron chi connectivity index (χ3n) is 2.55. The highest BCUT2D eigenvalue weighted by Crippen LogP contribution is 2.23. The Labute approximate surface area is 117 Å². The number of primary amides is 1. The van der Waals surface area contributed by atoms with Crippen molar-refractivity contribution in [3.63, 3.8) is 0 Å². The minimum atomic E-state index is -0.596. The molecule has 2 rings (SSSR count). The van der Waals surface area contributed by atoms with Gasteiger partial charge in [0.05, 0.1) is 16.2 Å². The molecule has 0 fully saturated rings. The smallest absolute Gasteiger partial charge is 0.271 e. The van der Waals surface area contributed by atoms with E-state index in [9.17, 15) is 19.3 Å². The summed E-state index contributed by atoms with van der Waals surface area (Å²) in [5.41, 5.74) is 5.34. The molecule has 3 N–H and O–H groups in total. The van der Waals surface area contributed by atoms with Crippen LogP contribution in [-0.4, -0.2) is 10.8 Å². The molecule has 0 aliphatic rings. The Morgan fingerprint density at radius 1 is 1.45 bits per heavy atom. The number of halogens is 1. The van der Waals surface area contributed by atoms with Crippen LogP contribution in [0.4, 0.5) is 15.8 Å². The second kappa shape index (κ2) is 5.66. The van der Waals surface area contributed by atoms with E-state index in [2.05, 4.69) is 5.32 Å². The molecule has 2 aromatic rings. The molecule has 1 amide bonds. The number of nitro groups is 1. The molecule has 1 heterocycles. The molecule has 104 valence electrons. The largest absolute Gasteiger partial charge is 0.378 e. The van der Waals surface area contributed by atoms with Crippen molar-refractivity contribution >= 4 is 28.6 Å². The summed E-state index contributed by atoms with van der Waals surface area (Å²) in [7, 11) is 0. The maximum Gasteiger partial charge on any atom is 0.271 e. The summed E-state index contributed by atoms with van der Waals surface area (Å²) < 4.78 is 13.5. The van der Waals surface area contributed by atoms with Gasteiger partial charge in [0.15, 0.2) is 0 Å². The van der Waals surface area contributed by atoms with Gasteiger partial charge in [-0.25, -0.2) is 4.39 Å². The monoisotopic (exact) mass is 295 g/mol. The van der Waals surface area contributed by atoms with Crippen LogP contribution in [0.2, 0.25) is 0 Å². The number of amides is 1. The second-order valence-electron chi connectivity index (χ2n) is 3.94. The maximum absolute atomic E-state index is 13.5. The van der Waals surface area contributed by atoms with Crippen molar-refractivity contribution in [2.45, 2.75) is 6.54 Å². The molecule has 6 nitrogen and oxygen atoms in total. The molecule has 0 atom stereocenters. The van der Waals surface area contributed by atoms with Gasteiger partial charge in [-0.15, -0.1) is 11.3 Å². The van der Waals surface area contributed by atoms with Crippen LogP contribution < -0.4 is 11.1 Å². The highest BCUT2D eigenvalue weighted by molar-refractivity contribution is 7.10. The van der Waals surface area contributed by atoms with Gasteiger partial charge in [0.25, 0.3) is 5.69 Å². The molecule has 0 saturated heterocycles. The first-order valence-electron chi connectivity index (χ1n) is 5.52. The molecule has 20 heavy (non-hydrogen) atoms. The number of non-ortho nitro benzene ring substituents is 1. The van der Waals surface area contributed by atoms with Gasteiger partial charge >= 0.3 is 0 Å². The SMILES string of the molecule is NC(=O)c1csc(CNc2cc([N+](=O)[O-])ccc2F)c1. The summed E-state index contributed by atoms with van der Waals surface area (Å²) in [5.74, 6) is -1.11. The van der Waals surface area contributed by atoms with E-state index in [0.29, 0.717) is 5.56 Å². The van der Waals surface area contributed by atoms with Gasteiger partial charge in [-0.2, -0.15) is 0 Å². The summed E-state index contributed by atoms with van der Waals surface area (Å²) in [6.45, 7) is 0.246. The molecular formula is C12H10FN3O3S. The zero-order valence-corrected chi connectivity index (χ0v) is 10.9. The van der Waals surface area contributed by atoms with Crippen molar-refractivity contribution in [3.8, 4) is 0 Å². The highest BCUT2D eigenvalue weighted by Gasteiger charge is 2.11. The Bertz CT molecular complexity index is 672. The number of carbonyl (C=O) groups is 1. The zero-order valence-electron chi connectivity index (χ0n) is 10.1. The summed E-state index contributed by atoms with van der Waals surface area (Å²) in [6.07, 6.45) is 0. The van der Waals surface area contributed by atoms with Gasteiger partial charge in [-0.3, -0.25) is 14.9 Å². The number of anilines is 1. The Hall–Kier alpha value is -2.48. The van der Waals surface area contributed by atoms with Gasteiger partial charge in [0.2, 0.25) is 5.91 Å². The van der Waals surface area contributed by atoms with Crippen molar-refractivity contribution < 1.29 is 14.1 Å². The number of rotatable bonds is 5. The van der Waals surface area contributed by atoms with E-state index in [1.807, 2.05) is 0 Å². The Morgan fingerprint density at radius 2 is 2.20 bits per heavy atom. The number of nitrogens with two attached hydrogens (primary N) is 1. The normalized spacial score (nSPS) is 10.2. The van der Waals surface area contributed by atoms with E-state index < -0.39 is 16.6 Å². The molecule has 0 saturated carbocycles. The van der Waals surface area contributed by atoms with E-state index in [1.54, 1.807) is 11.4 Å². The van der Waals surface area contributed by atoms with Crippen molar-refractivity contribution in [1.82, 2.24) is 0 Å². The Kier molecular flexibility index (Phi) is 3.94. The van der Waals surface area contributed by atoms with Gasteiger partial charge < -0.3 is 11.1 Å². The molecule has 0 bridgehead atoms. The zero-order chi connectivity index (χ0) is 14.7. The third-order valence-corrected chi connectivity index (χ3v) is 3.49. The number of carbonyl (C=O) groups excluding carboxylic acids is 1. The molecule has 0 aliphatic carbocycles. The van der Waals surface area contributed by atoms with E-state index in [4.69, 9.17) is 5.73 Å². The van der Waals surface area contributed by atoms with Crippen molar-refractivity contribution in [2.24, 2.45) is 5.73 Å². The fourth-order valence-corrected chi connectivity index (χ4v) is 2.36. The minimum absolute atomic E-state index is 0.0354. The van der Waals surface area contributed by atoms with Gasteiger partial charge in [0, 0.05) is 28.9 Å². The molecular weight excluding hydrogens is 285 g/mol. The van der Waals surface area contributed by atoms with Crippen LogP contribution in [0.5, 0.6) is 0 Å². The fraction of sp³-hybridized carbons (Fsp3) is 0.0833. The lowest BCUT2D eigenvalue weighted by Gasteiger charge is -2.05. The van der Waals surface area contributed by atoms with Crippen molar-refractivity contribution in [1.29, 1.82) is 0 Å². The predicted octanol–water partition coefficient (Wildman–Crippen LogP) is 2.51. The number of hydrogen-bond acceptors (Lipinski definition) is 5. The summed E-state index contributed by atoms with van der Waals surface area (Å²) in [4.78, 5) is 21.7. The number of thiophene rings is 1. The first kappa shape index (κ1) is 13.9. The van der Waals surface area contributed by atoms with Crippen LogP contribution >= 0.6 is 11.3 Å². The second-order valence-corrected chi connectivity index (χ2v) is 4.94. The van der Waals surface area contributed by atoms with Crippen molar-refractivity contribution in [3.05, 3.63) is 56.0 Å². The average molecular weight is 295 g/mol. The molecule has 0 radical (unpaired) electrons. The molecule has 1 aromatic carbocycles. The summed E-state index contributed by atoms with van der Waals surface area (Å²) in [5, 5.41) is 15.0. The van der Waals surface area contributed by atoms with E-state index in [1.165, 1.54) is 11.3 Å². The number of nitrogens with one attached hydrogen (secondary N) is 1. The molecule has 0 aliphatic heterocycles. The minimum Gasteiger partial charge on any atom is -0.378 e. The Morgan fingerprint density at radius 3 is 2.80 bits per heavy atom. The Balaban J connectivity index is 2.11. The molecule has 8 heteroatoms. The molecule has 0 spiro atoms. The fourth-order valence-electron chi connectivity index (χ4n) is 1.55. The quantitative estimate of drug-likeness (QED) is 0.654. The standard InChI is InChI=1S/C12H10FN3O3S/c13-10-2-1-8(16(18)19)4-11(10)15-5-9-3-7(6-20-9)12(14)17/h1-4,6,15H,5H2,(H2,14,17). The lowest BCUT2D eigenvalue weighted by molar-refractivity contribution is -0.384. The number of nitro benzene ring substituents is 1. The average Bonchev–Trinajstić information content (AvgIpc) is 2.86. The lowest BCUT2D eigenvalue weighted by atomic mass is 10.2.